The Hall–Kier alpha value is -0.0500. The number of sulfone groups is 1. The van der Waals surface area contributed by atoms with Crippen LogP contribution in [0, 0.1) is 5.92 Å². The van der Waals surface area contributed by atoms with Gasteiger partial charge in [0.05, 0.1) is 5.75 Å². The molecule has 0 rings (SSSR count). The van der Waals surface area contributed by atoms with Crippen molar-refractivity contribution in [2.45, 2.75) is 33.6 Å². The van der Waals surface area contributed by atoms with Crippen LogP contribution in [0.25, 0.3) is 0 Å². The van der Waals surface area contributed by atoms with Gasteiger partial charge in [-0.25, -0.2) is 8.42 Å². The average molecular weight is 405 g/mol. The molecule has 5 nitrogen and oxygen atoms in total. The van der Waals surface area contributed by atoms with Crippen molar-refractivity contribution in [3.63, 3.8) is 0 Å². The Morgan fingerprint density at radius 2 is 1.74 bits per heavy atom. The van der Waals surface area contributed by atoms with Gasteiger partial charge in [0.1, 0.15) is 9.84 Å². The summed E-state index contributed by atoms with van der Waals surface area (Å²) in [4.78, 5) is 4.47. The monoisotopic (exact) mass is 405 g/mol. The van der Waals surface area contributed by atoms with E-state index in [1.165, 1.54) is 6.26 Å². The molecule has 0 radical (unpaired) electrons. The van der Waals surface area contributed by atoms with Crippen molar-refractivity contribution in [3.05, 3.63) is 0 Å². The topological polar surface area (TPSA) is 70.6 Å². The van der Waals surface area contributed by atoms with E-state index in [2.05, 4.69) is 29.5 Å². The highest BCUT2D eigenvalue weighted by Crippen LogP contribution is 2.06. The molecule has 116 valence electrons. The zero-order valence-electron chi connectivity index (χ0n) is 12.4. The Bertz CT molecular complexity index is 341. The Morgan fingerprint density at radius 3 is 2.16 bits per heavy atom. The molecule has 19 heavy (non-hydrogen) atoms. The summed E-state index contributed by atoms with van der Waals surface area (Å²) in [5.74, 6) is 1.42. The van der Waals surface area contributed by atoms with Gasteiger partial charge < -0.3 is 10.6 Å². The van der Waals surface area contributed by atoms with Gasteiger partial charge in [-0.3, -0.25) is 4.99 Å². The first-order valence-electron chi connectivity index (χ1n) is 6.62. The van der Waals surface area contributed by atoms with E-state index in [-0.39, 0.29) is 29.7 Å². The van der Waals surface area contributed by atoms with E-state index in [0.29, 0.717) is 18.4 Å². The molecular weight excluding hydrogens is 377 g/mol. The number of hydrogen-bond donors (Lipinski definition) is 2. The van der Waals surface area contributed by atoms with E-state index in [0.717, 1.165) is 25.9 Å². The molecule has 0 aromatic carbocycles. The van der Waals surface area contributed by atoms with E-state index in [4.69, 9.17) is 0 Å². The molecule has 0 unspecified atom stereocenters. The third-order valence-electron chi connectivity index (χ3n) is 2.77. The molecule has 0 bridgehead atoms. The van der Waals surface area contributed by atoms with E-state index in [1.807, 2.05) is 6.92 Å². The van der Waals surface area contributed by atoms with Crippen LogP contribution in [0.4, 0.5) is 0 Å². The fraction of sp³-hybridized carbons (Fsp3) is 0.917. The van der Waals surface area contributed by atoms with Crippen LogP contribution in [-0.2, 0) is 9.84 Å². The second kappa shape index (κ2) is 11.7. The van der Waals surface area contributed by atoms with Crippen molar-refractivity contribution in [3.8, 4) is 0 Å². The number of halogens is 1. The summed E-state index contributed by atoms with van der Waals surface area (Å²) in [6.07, 6.45) is 3.47. The maximum Gasteiger partial charge on any atom is 0.191 e. The highest BCUT2D eigenvalue weighted by molar-refractivity contribution is 14.0. The second-order valence-corrected chi connectivity index (χ2v) is 6.72. The van der Waals surface area contributed by atoms with Crippen molar-refractivity contribution in [2.24, 2.45) is 10.9 Å². The lowest BCUT2D eigenvalue weighted by atomic mass is 10.0. The van der Waals surface area contributed by atoms with Gasteiger partial charge in [0.2, 0.25) is 0 Å². The number of rotatable bonds is 8. The van der Waals surface area contributed by atoms with Crippen LogP contribution in [0.15, 0.2) is 4.99 Å². The molecule has 0 atom stereocenters. The summed E-state index contributed by atoms with van der Waals surface area (Å²) < 4.78 is 22.1. The van der Waals surface area contributed by atoms with Crippen molar-refractivity contribution >= 4 is 39.8 Å². The van der Waals surface area contributed by atoms with Crippen molar-refractivity contribution < 1.29 is 8.42 Å². The minimum atomic E-state index is -2.92. The summed E-state index contributed by atoms with van der Waals surface area (Å²) >= 11 is 0. The number of hydrogen-bond acceptors (Lipinski definition) is 3. The average Bonchev–Trinajstić information content (AvgIpc) is 2.28. The van der Waals surface area contributed by atoms with Gasteiger partial charge in [-0.15, -0.1) is 24.0 Å². The zero-order valence-corrected chi connectivity index (χ0v) is 15.5. The molecule has 0 aromatic rings. The van der Waals surface area contributed by atoms with Gasteiger partial charge in [0, 0.05) is 25.9 Å². The molecule has 7 heteroatoms. The molecule has 0 saturated heterocycles. The maximum absolute atomic E-state index is 11.0. The number of nitrogens with zero attached hydrogens (tertiary/aromatic N) is 1. The normalized spacial score (nSPS) is 12.2. The molecular formula is C12H28IN3O2S. The third-order valence-corrected chi connectivity index (χ3v) is 3.72. The number of nitrogens with one attached hydrogen (secondary N) is 2. The fourth-order valence-corrected chi connectivity index (χ4v) is 1.94. The lowest BCUT2D eigenvalue weighted by Crippen LogP contribution is -2.39. The second-order valence-electron chi connectivity index (χ2n) is 4.46. The molecule has 0 heterocycles. The number of aliphatic imine (C=N–C) groups is 1. The lowest BCUT2D eigenvalue weighted by molar-refractivity contribution is 0.504. The first-order chi connectivity index (χ1) is 8.42. The lowest BCUT2D eigenvalue weighted by Gasteiger charge is -2.13. The first kappa shape index (κ1) is 21.3. The van der Waals surface area contributed by atoms with Gasteiger partial charge in [0.25, 0.3) is 0 Å². The molecule has 0 amide bonds. The summed E-state index contributed by atoms with van der Waals surface area (Å²) in [5.41, 5.74) is 0. The Morgan fingerprint density at radius 1 is 1.16 bits per heavy atom. The van der Waals surface area contributed by atoms with E-state index in [1.54, 1.807) is 0 Å². The Balaban J connectivity index is 0. The van der Waals surface area contributed by atoms with Crippen LogP contribution in [0.5, 0.6) is 0 Å². The molecule has 0 aliphatic heterocycles. The molecule has 2 N–H and O–H groups in total. The fourth-order valence-electron chi connectivity index (χ4n) is 1.46. The molecule has 0 aromatic heterocycles. The SMILES string of the molecule is CCNC(=NCC(CC)CC)NCCS(C)(=O)=O.I. The van der Waals surface area contributed by atoms with Crippen molar-refractivity contribution in [1.29, 1.82) is 0 Å². The largest absolute Gasteiger partial charge is 0.357 e. The standard InChI is InChI=1S/C12H27N3O2S.HI/c1-5-11(6-2)10-15-12(13-7-3)14-8-9-18(4,16)17;/h11H,5-10H2,1-4H3,(H2,13,14,15);1H. The molecule has 0 saturated carbocycles. The van der Waals surface area contributed by atoms with Gasteiger partial charge in [-0.2, -0.15) is 0 Å². The van der Waals surface area contributed by atoms with Gasteiger partial charge in [0.15, 0.2) is 5.96 Å². The summed E-state index contributed by atoms with van der Waals surface area (Å²) in [5, 5.41) is 6.16. The number of guanidine groups is 1. The van der Waals surface area contributed by atoms with Crippen LogP contribution < -0.4 is 10.6 Å². The smallest absolute Gasteiger partial charge is 0.191 e. The van der Waals surface area contributed by atoms with Gasteiger partial charge >= 0.3 is 0 Å². The van der Waals surface area contributed by atoms with Gasteiger partial charge in [-0.1, -0.05) is 26.7 Å². The zero-order chi connectivity index (χ0) is 14.0. The third kappa shape index (κ3) is 12.7. The van der Waals surface area contributed by atoms with Crippen LogP contribution in [0.1, 0.15) is 33.6 Å². The quantitative estimate of drug-likeness (QED) is 0.366. The van der Waals surface area contributed by atoms with Crippen LogP contribution in [-0.4, -0.2) is 46.0 Å². The summed E-state index contributed by atoms with van der Waals surface area (Å²) in [6.45, 7) is 8.26. The first-order valence-corrected chi connectivity index (χ1v) is 8.68. The summed E-state index contributed by atoms with van der Waals surface area (Å²) in [7, 11) is -2.92. The molecule has 0 spiro atoms. The highest BCUT2D eigenvalue weighted by atomic mass is 127. The van der Waals surface area contributed by atoms with Crippen LogP contribution in [0.3, 0.4) is 0 Å². The van der Waals surface area contributed by atoms with Crippen molar-refractivity contribution in [2.75, 3.05) is 31.6 Å². The van der Waals surface area contributed by atoms with E-state index in [9.17, 15) is 8.42 Å². The van der Waals surface area contributed by atoms with E-state index < -0.39 is 9.84 Å². The van der Waals surface area contributed by atoms with Gasteiger partial charge in [-0.05, 0) is 12.8 Å². The molecule has 0 aliphatic rings. The highest BCUT2D eigenvalue weighted by Gasteiger charge is 2.05. The van der Waals surface area contributed by atoms with Crippen LogP contribution in [0.2, 0.25) is 0 Å². The maximum atomic E-state index is 11.0. The molecule has 0 fully saturated rings. The Kier molecular flexibility index (Phi) is 13.1. The Labute approximate surface area is 135 Å². The predicted octanol–water partition coefficient (Wildman–Crippen LogP) is 1.64. The minimum absolute atomic E-state index is 0. The van der Waals surface area contributed by atoms with E-state index >= 15 is 0 Å². The van der Waals surface area contributed by atoms with Crippen LogP contribution >= 0.6 is 24.0 Å². The predicted molar refractivity (Wildman–Crippen MR) is 93.2 cm³/mol. The van der Waals surface area contributed by atoms with Crippen molar-refractivity contribution in [1.82, 2.24) is 10.6 Å². The molecule has 0 aliphatic carbocycles. The summed E-state index contributed by atoms with van der Waals surface area (Å²) in [6, 6.07) is 0. The minimum Gasteiger partial charge on any atom is -0.357 e.